The highest BCUT2D eigenvalue weighted by Crippen LogP contribution is 2.50. The molecule has 0 aromatic rings. The number of rotatable bonds is 4. The lowest BCUT2D eigenvalue weighted by Gasteiger charge is -2.26. The number of allylic oxidation sites excluding steroid dienone is 7. The monoisotopic (exact) mass is 379 g/mol. The molecule has 0 aliphatic heterocycles. The van der Waals surface area contributed by atoms with Gasteiger partial charge in [-0.15, -0.1) is 5.73 Å². The molecule has 4 rings (SSSR count). The van der Waals surface area contributed by atoms with Crippen molar-refractivity contribution in [1.29, 1.82) is 0 Å². The number of nitrogens with two attached hydrogens (primary N) is 1. The third kappa shape index (κ3) is 4.86. The van der Waals surface area contributed by atoms with Crippen molar-refractivity contribution in [3.05, 3.63) is 66.1 Å². The molecule has 4 aliphatic carbocycles. The standard InChI is InChI=1S/C22H26O.C2H5N.C2H6/c1-15(23)17-12-6-7-16(17)13-14-22-20-10-4-2-8-18(20)19-9-3-5-11-21(19)22;1-2-3;1-2/h2-4,8,10-11,16-18,20,22H,6-7,9,12-14H2,1H3;2H,1,3H2;1-2H3. The third-order valence-corrected chi connectivity index (χ3v) is 6.52. The SMILES string of the molecule is C=CN.CC.CC(=O)C1CCCC1CCC1C2=C(CC=C=C2)C2C=CC=CC21. The van der Waals surface area contributed by atoms with E-state index in [1.807, 2.05) is 13.8 Å². The van der Waals surface area contributed by atoms with Crippen molar-refractivity contribution < 1.29 is 4.79 Å². The summed E-state index contributed by atoms with van der Waals surface area (Å²) in [6, 6.07) is 0. The highest BCUT2D eigenvalue weighted by Gasteiger charge is 2.40. The summed E-state index contributed by atoms with van der Waals surface area (Å²) in [6.07, 6.45) is 22.0. The Hall–Kier alpha value is -2.05. The van der Waals surface area contributed by atoms with E-state index in [9.17, 15) is 4.79 Å². The first-order chi connectivity index (χ1) is 13.7. The van der Waals surface area contributed by atoms with Crippen LogP contribution in [0.3, 0.4) is 0 Å². The van der Waals surface area contributed by atoms with Gasteiger partial charge in [-0.05, 0) is 80.7 Å². The predicted octanol–water partition coefficient (Wildman–Crippen LogP) is 6.29. The van der Waals surface area contributed by atoms with Crippen LogP contribution in [0, 0.1) is 29.6 Å². The highest BCUT2D eigenvalue weighted by atomic mass is 16.1. The van der Waals surface area contributed by atoms with E-state index in [1.54, 1.807) is 18.1 Å². The number of hydrogen-bond donors (Lipinski definition) is 1. The average molecular weight is 380 g/mol. The van der Waals surface area contributed by atoms with Crippen LogP contribution >= 0.6 is 0 Å². The van der Waals surface area contributed by atoms with Gasteiger partial charge in [0.2, 0.25) is 0 Å². The Kier molecular flexibility index (Phi) is 8.80. The summed E-state index contributed by atoms with van der Waals surface area (Å²) in [6.45, 7) is 8.93. The van der Waals surface area contributed by atoms with Gasteiger partial charge in [-0.25, -0.2) is 0 Å². The van der Waals surface area contributed by atoms with E-state index in [-0.39, 0.29) is 0 Å². The number of ketones is 1. The largest absolute Gasteiger partial charge is 0.405 e. The van der Waals surface area contributed by atoms with Crippen LogP contribution in [0.5, 0.6) is 0 Å². The number of carbonyl (C=O) groups is 1. The molecule has 0 aromatic carbocycles. The summed E-state index contributed by atoms with van der Waals surface area (Å²) in [5.74, 6) is 3.24. The maximum absolute atomic E-state index is 11.9. The van der Waals surface area contributed by atoms with Crippen molar-refractivity contribution in [2.75, 3.05) is 0 Å². The molecule has 4 aliphatic rings. The fourth-order valence-electron chi connectivity index (χ4n) is 5.43. The van der Waals surface area contributed by atoms with Crippen LogP contribution in [0.4, 0.5) is 0 Å². The Morgan fingerprint density at radius 3 is 2.68 bits per heavy atom. The number of hydrogen-bond acceptors (Lipinski definition) is 2. The van der Waals surface area contributed by atoms with Crippen molar-refractivity contribution in [2.45, 2.75) is 59.3 Å². The molecule has 1 saturated carbocycles. The van der Waals surface area contributed by atoms with Crippen molar-refractivity contribution in [3.8, 4) is 0 Å². The molecule has 2 nitrogen and oxygen atoms in total. The lowest BCUT2D eigenvalue weighted by molar-refractivity contribution is -0.121. The van der Waals surface area contributed by atoms with Crippen LogP contribution in [0.25, 0.3) is 0 Å². The van der Waals surface area contributed by atoms with Crippen LogP contribution in [0.2, 0.25) is 0 Å². The molecule has 0 saturated heterocycles. The lowest BCUT2D eigenvalue weighted by Crippen LogP contribution is -2.20. The fraction of sp³-hybridized carbons (Fsp3) is 0.538. The molecule has 5 atom stereocenters. The van der Waals surface area contributed by atoms with Gasteiger partial charge in [0.05, 0.1) is 0 Å². The molecule has 152 valence electrons. The van der Waals surface area contributed by atoms with E-state index in [1.165, 1.54) is 31.9 Å². The highest BCUT2D eigenvalue weighted by molar-refractivity contribution is 5.78. The molecule has 28 heavy (non-hydrogen) atoms. The van der Waals surface area contributed by atoms with E-state index < -0.39 is 0 Å². The molecule has 0 bridgehead atoms. The fourth-order valence-corrected chi connectivity index (χ4v) is 5.43. The minimum absolute atomic E-state index is 0.337. The summed E-state index contributed by atoms with van der Waals surface area (Å²) in [5, 5.41) is 0. The van der Waals surface area contributed by atoms with Crippen molar-refractivity contribution in [3.63, 3.8) is 0 Å². The smallest absolute Gasteiger partial charge is 0.133 e. The van der Waals surface area contributed by atoms with Crippen LogP contribution in [-0.4, -0.2) is 5.78 Å². The summed E-state index contributed by atoms with van der Waals surface area (Å²) in [4.78, 5) is 11.9. The number of Topliss-reactive ketones (excluding diaryl/α,β-unsaturated/α-hetero) is 1. The Morgan fingerprint density at radius 2 is 1.96 bits per heavy atom. The van der Waals surface area contributed by atoms with E-state index in [0.717, 1.165) is 12.8 Å². The quantitative estimate of drug-likeness (QED) is 0.584. The van der Waals surface area contributed by atoms with Gasteiger partial charge in [-0.1, -0.05) is 56.7 Å². The van der Waals surface area contributed by atoms with Gasteiger partial charge < -0.3 is 5.73 Å². The second kappa shape index (κ2) is 11.1. The van der Waals surface area contributed by atoms with Gasteiger partial charge in [0.1, 0.15) is 5.78 Å². The molecule has 0 heterocycles. The number of fused-ring (bicyclic) bond motifs is 2. The molecular weight excluding hydrogens is 342 g/mol. The summed E-state index contributed by atoms with van der Waals surface area (Å²) >= 11 is 0. The average Bonchev–Trinajstić information content (AvgIpc) is 3.31. The van der Waals surface area contributed by atoms with Gasteiger partial charge in [-0.3, -0.25) is 4.79 Å². The first kappa shape index (κ1) is 22.2. The van der Waals surface area contributed by atoms with Crippen LogP contribution in [0.15, 0.2) is 66.1 Å². The maximum Gasteiger partial charge on any atom is 0.133 e. The molecule has 1 fully saturated rings. The minimum atomic E-state index is 0.337. The molecule has 2 N–H and O–H groups in total. The van der Waals surface area contributed by atoms with Crippen LogP contribution in [0.1, 0.15) is 59.3 Å². The van der Waals surface area contributed by atoms with Crippen molar-refractivity contribution in [2.24, 2.45) is 35.3 Å². The lowest BCUT2D eigenvalue weighted by atomic mass is 9.78. The van der Waals surface area contributed by atoms with E-state index in [0.29, 0.717) is 35.4 Å². The van der Waals surface area contributed by atoms with E-state index in [4.69, 9.17) is 0 Å². The first-order valence-electron chi connectivity index (χ1n) is 11.0. The Morgan fingerprint density at radius 1 is 1.25 bits per heavy atom. The minimum Gasteiger partial charge on any atom is -0.405 e. The van der Waals surface area contributed by atoms with E-state index >= 15 is 0 Å². The molecule has 0 radical (unpaired) electrons. The molecule has 2 heteroatoms. The second-order valence-electron chi connectivity index (χ2n) is 7.90. The Bertz CT molecular complexity index is 702. The maximum atomic E-state index is 11.9. The normalized spacial score (nSPS) is 31.3. The Labute approximate surface area is 171 Å². The predicted molar refractivity (Wildman–Crippen MR) is 120 cm³/mol. The zero-order valence-electron chi connectivity index (χ0n) is 17.9. The van der Waals surface area contributed by atoms with Gasteiger partial charge >= 0.3 is 0 Å². The second-order valence-corrected chi connectivity index (χ2v) is 7.90. The third-order valence-electron chi connectivity index (χ3n) is 6.52. The van der Waals surface area contributed by atoms with Crippen LogP contribution in [-0.2, 0) is 4.79 Å². The van der Waals surface area contributed by atoms with Gasteiger partial charge in [0.15, 0.2) is 0 Å². The summed E-state index contributed by atoms with van der Waals surface area (Å²) in [5.41, 5.74) is 11.1. The molecule has 0 spiro atoms. The van der Waals surface area contributed by atoms with Gasteiger partial charge in [-0.2, -0.15) is 0 Å². The van der Waals surface area contributed by atoms with E-state index in [2.05, 4.69) is 54.5 Å². The topological polar surface area (TPSA) is 43.1 Å². The molecule has 0 aromatic heterocycles. The molecular formula is C26H37NO. The summed E-state index contributed by atoms with van der Waals surface area (Å²) in [7, 11) is 0. The first-order valence-corrected chi connectivity index (χ1v) is 11.0. The van der Waals surface area contributed by atoms with Crippen LogP contribution < -0.4 is 5.73 Å². The van der Waals surface area contributed by atoms with Crippen molar-refractivity contribution >= 4 is 5.78 Å². The molecule has 0 amide bonds. The van der Waals surface area contributed by atoms with Crippen molar-refractivity contribution in [1.82, 2.24) is 0 Å². The Balaban J connectivity index is 0.000000514. The zero-order valence-corrected chi connectivity index (χ0v) is 17.9. The zero-order chi connectivity index (χ0) is 20.5. The summed E-state index contributed by atoms with van der Waals surface area (Å²) < 4.78 is 0. The van der Waals surface area contributed by atoms with Gasteiger partial charge in [0.25, 0.3) is 0 Å². The van der Waals surface area contributed by atoms with Gasteiger partial charge in [0, 0.05) is 11.8 Å². The molecule has 5 unspecified atom stereocenters. The number of carbonyl (C=O) groups excluding carboxylic acids is 1.